The highest BCUT2D eigenvalue weighted by atomic mass is 32.1. The lowest BCUT2D eigenvalue weighted by atomic mass is 9.83. The second-order valence-corrected chi connectivity index (χ2v) is 5.91. The number of nitrogens with one attached hydrogen (secondary N) is 1. The molecule has 2 unspecified atom stereocenters. The molecule has 0 radical (unpaired) electrons. The Morgan fingerprint density at radius 1 is 1.25 bits per heavy atom. The summed E-state index contributed by atoms with van der Waals surface area (Å²) in [6.07, 6.45) is 5.94. The maximum atomic E-state index is 12.3. The molecule has 1 saturated carbocycles. The van der Waals surface area contributed by atoms with Crippen LogP contribution < -0.4 is 11.1 Å². The molecule has 108 valence electrons. The van der Waals surface area contributed by atoms with Gasteiger partial charge in [0.25, 0.3) is 5.91 Å². The maximum Gasteiger partial charge on any atom is 0.251 e. The summed E-state index contributed by atoms with van der Waals surface area (Å²) >= 11 is 4.91. The first kappa shape index (κ1) is 15.0. The van der Waals surface area contributed by atoms with Gasteiger partial charge in [-0.05, 0) is 30.9 Å². The standard InChI is InChI=1S/C16H22N2OS/c1-2-11-5-3-4-6-14(11)18-16(19)13-9-7-12(8-10-13)15(17)20/h7-11,14H,2-6H2,1H3,(H2,17,20)(H,18,19). The summed E-state index contributed by atoms with van der Waals surface area (Å²) in [6, 6.07) is 7.49. The predicted octanol–water partition coefficient (Wildman–Crippen LogP) is 3.02. The second kappa shape index (κ2) is 6.84. The number of rotatable bonds is 4. The lowest BCUT2D eigenvalue weighted by Crippen LogP contribution is -2.41. The Morgan fingerprint density at radius 2 is 1.85 bits per heavy atom. The van der Waals surface area contributed by atoms with Gasteiger partial charge in [-0.1, -0.05) is 50.5 Å². The molecule has 0 saturated heterocycles. The van der Waals surface area contributed by atoms with E-state index >= 15 is 0 Å². The van der Waals surface area contributed by atoms with Crippen molar-refractivity contribution in [3.63, 3.8) is 0 Å². The molecular formula is C16H22N2OS. The first-order valence-electron chi connectivity index (χ1n) is 7.32. The Hall–Kier alpha value is -1.42. The van der Waals surface area contributed by atoms with E-state index < -0.39 is 0 Å². The number of carbonyl (C=O) groups is 1. The first-order valence-corrected chi connectivity index (χ1v) is 7.73. The van der Waals surface area contributed by atoms with E-state index in [4.69, 9.17) is 18.0 Å². The van der Waals surface area contributed by atoms with E-state index in [0.29, 0.717) is 22.5 Å². The molecule has 0 bridgehead atoms. The molecule has 0 heterocycles. The zero-order chi connectivity index (χ0) is 14.5. The molecule has 20 heavy (non-hydrogen) atoms. The number of nitrogens with two attached hydrogens (primary N) is 1. The SMILES string of the molecule is CCC1CCCCC1NC(=O)c1ccc(C(N)=S)cc1. The van der Waals surface area contributed by atoms with Gasteiger partial charge < -0.3 is 11.1 Å². The van der Waals surface area contributed by atoms with Crippen LogP contribution in [0.2, 0.25) is 0 Å². The molecule has 4 heteroatoms. The van der Waals surface area contributed by atoms with Gasteiger partial charge >= 0.3 is 0 Å². The van der Waals surface area contributed by atoms with E-state index in [1.165, 1.54) is 19.3 Å². The van der Waals surface area contributed by atoms with Crippen molar-refractivity contribution >= 4 is 23.1 Å². The number of hydrogen-bond acceptors (Lipinski definition) is 2. The highest BCUT2D eigenvalue weighted by Gasteiger charge is 2.25. The zero-order valence-corrected chi connectivity index (χ0v) is 12.7. The normalized spacial score (nSPS) is 22.2. The lowest BCUT2D eigenvalue weighted by molar-refractivity contribution is 0.0904. The number of benzene rings is 1. The van der Waals surface area contributed by atoms with Crippen molar-refractivity contribution in [2.24, 2.45) is 11.7 Å². The van der Waals surface area contributed by atoms with Crippen LogP contribution in [0.15, 0.2) is 24.3 Å². The van der Waals surface area contributed by atoms with E-state index in [1.807, 2.05) is 0 Å². The lowest BCUT2D eigenvalue weighted by Gasteiger charge is -2.31. The molecule has 1 aliphatic carbocycles. The topological polar surface area (TPSA) is 55.1 Å². The van der Waals surface area contributed by atoms with Gasteiger partial charge in [0.15, 0.2) is 0 Å². The summed E-state index contributed by atoms with van der Waals surface area (Å²) in [4.78, 5) is 12.6. The molecule has 2 atom stereocenters. The third-order valence-electron chi connectivity index (χ3n) is 4.18. The minimum Gasteiger partial charge on any atom is -0.389 e. The number of hydrogen-bond donors (Lipinski definition) is 2. The molecule has 3 N–H and O–H groups in total. The van der Waals surface area contributed by atoms with Gasteiger partial charge in [-0.2, -0.15) is 0 Å². The van der Waals surface area contributed by atoms with E-state index in [1.54, 1.807) is 24.3 Å². The smallest absolute Gasteiger partial charge is 0.251 e. The van der Waals surface area contributed by atoms with Crippen LogP contribution in [0.4, 0.5) is 0 Å². The molecule has 1 aromatic rings. The van der Waals surface area contributed by atoms with Crippen molar-refractivity contribution in [2.75, 3.05) is 0 Å². The zero-order valence-electron chi connectivity index (χ0n) is 11.9. The van der Waals surface area contributed by atoms with E-state index in [2.05, 4.69) is 12.2 Å². The fourth-order valence-electron chi connectivity index (χ4n) is 2.92. The van der Waals surface area contributed by atoms with Crippen LogP contribution in [0.5, 0.6) is 0 Å². The molecule has 1 amide bonds. The fraction of sp³-hybridized carbons (Fsp3) is 0.500. The van der Waals surface area contributed by atoms with Gasteiger partial charge in [0.2, 0.25) is 0 Å². The average molecular weight is 290 g/mol. The molecule has 0 aromatic heterocycles. The summed E-state index contributed by atoms with van der Waals surface area (Å²) in [7, 11) is 0. The molecule has 2 rings (SSSR count). The van der Waals surface area contributed by atoms with Crippen LogP contribution in [0.25, 0.3) is 0 Å². The molecule has 1 aliphatic rings. The molecule has 0 spiro atoms. The third kappa shape index (κ3) is 3.57. The molecule has 0 aliphatic heterocycles. The average Bonchev–Trinajstić information content (AvgIpc) is 2.48. The van der Waals surface area contributed by atoms with Crippen LogP contribution in [0.1, 0.15) is 54.9 Å². The van der Waals surface area contributed by atoms with E-state index in [0.717, 1.165) is 18.4 Å². The van der Waals surface area contributed by atoms with Crippen LogP contribution in [-0.2, 0) is 0 Å². The van der Waals surface area contributed by atoms with Crippen molar-refractivity contribution in [1.82, 2.24) is 5.32 Å². The third-order valence-corrected chi connectivity index (χ3v) is 4.42. The van der Waals surface area contributed by atoms with Gasteiger partial charge in [-0.15, -0.1) is 0 Å². The summed E-state index contributed by atoms with van der Waals surface area (Å²) in [5, 5.41) is 3.18. The molecule has 1 aromatic carbocycles. The summed E-state index contributed by atoms with van der Waals surface area (Å²) in [5.74, 6) is 0.619. The van der Waals surface area contributed by atoms with Crippen LogP contribution >= 0.6 is 12.2 Å². The molecule has 3 nitrogen and oxygen atoms in total. The first-order chi connectivity index (χ1) is 9.61. The summed E-state index contributed by atoms with van der Waals surface area (Å²) in [5.41, 5.74) is 7.02. The molecule has 1 fully saturated rings. The number of amides is 1. The van der Waals surface area contributed by atoms with Crippen molar-refractivity contribution in [3.05, 3.63) is 35.4 Å². The summed E-state index contributed by atoms with van der Waals surface area (Å²) < 4.78 is 0. The fourth-order valence-corrected chi connectivity index (χ4v) is 3.06. The van der Waals surface area contributed by atoms with Gasteiger partial charge in [-0.25, -0.2) is 0 Å². The highest BCUT2D eigenvalue weighted by Crippen LogP contribution is 2.27. The Kier molecular flexibility index (Phi) is 5.12. The van der Waals surface area contributed by atoms with Gasteiger partial charge in [0.05, 0.1) is 0 Å². The minimum absolute atomic E-state index is 0.00448. The van der Waals surface area contributed by atoms with E-state index in [-0.39, 0.29) is 5.91 Å². The predicted molar refractivity (Wildman–Crippen MR) is 85.8 cm³/mol. The van der Waals surface area contributed by atoms with Crippen molar-refractivity contribution in [1.29, 1.82) is 0 Å². The number of thiocarbonyl (C=S) groups is 1. The Morgan fingerprint density at radius 3 is 2.45 bits per heavy atom. The van der Waals surface area contributed by atoms with Crippen molar-refractivity contribution in [2.45, 2.75) is 45.1 Å². The van der Waals surface area contributed by atoms with Crippen molar-refractivity contribution < 1.29 is 4.79 Å². The van der Waals surface area contributed by atoms with Gasteiger partial charge in [0.1, 0.15) is 4.99 Å². The quantitative estimate of drug-likeness (QED) is 0.838. The van der Waals surface area contributed by atoms with E-state index in [9.17, 15) is 4.79 Å². The molecular weight excluding hydrogens is 268 g/mol. The largest absolute Gasteiger partial charge is 0.389 e. The number of carbonyl (C=O) groups excluding carboxylic acids is 1. The summed E-state index contributed by atoms with van der Waals surface area (Å²) in [6.45, 7) is 2.20. The van der Waals surface area contributed by atoms with Crippen LogP contribution in [0.3, 0.4) is 0 Å². The maximum absolute atomic E-state index is 12.3. The van der Waals surface area contributed by atoms with Gasteiger partial charge in [-0.3, -0.25) is 4.79 Å². The minimum atomic E-state index is 0.00448. The Bertz CT molecular complexity index is 484. The second-order valence-electron chi connectivity index (χ2n) is 5.47. The van der Waals surface area contributed by atoms with Crippen LogP contribution in [0, 0.1) is 5.92 Å². The van der Waals surface area contributed by atoms with Crippen LogP contribution in [-0.4, -0.2) is 16.9 Å². The van der Waals surface area contributed by atoms with Gasteiger partial charge in [0, 0.05) is 17.2 Å². The monoisotopic (exact) mass is 290 g/mol. The Labute approximate surface area is 125 Å². The highest BCUT2D eigenvalue weighted by molar-refractivity contribution is 7.80. The Balaban J connectivity index is 2.01. The van der Waals surface area contributed by atoms with Crippen molar-refractivity contribution in [3.8, 4) is 0 Å².